The maximum atomic E-state index is 13.0. The van der Waals surface area contributed by atoms with Gasteiger partial charge in [0.05, 0.1) is 19.8 Å². The molecule has 3 heterocycles. The molecule has 3 aromatic rings. The molecule has 30 heavy (non-hydrogen) atoms. The van der Waals surface area contributed by atoms with Gasteiger partial charge < -0.3 is 14.4 Å². The topological polar surface area (TPSA) is 128 Å². The van der Waals surface area contributed by atoms with Crippen LogP contribution >= 0.6 is 0 Å². The van der Waals surface area contributed by atoms with E-state index in [2.05, 4.69) is 24.8 Å². The van der Waals surface area contributed by atoms with Gasteiger partial charge in [-0.15, -0.1) is 15.3 Å². The lowest BCUT2D eigenvalue weighted by molar-refractivity contribution is 0.0600. The van der Waals surface area contributed by atoms with Crippen molar-refractivity contribution in [1.82, 2.24) is 24.5 Å². The van der Waals surface area contributed by atoms with E-state index in [4.69, 9.17) is 4.74 Å². The van der Waals surface area contributed by atoms with E-state index in [1.165, 1.54) is 38.7 Å². The van der Waals surface area contributed by atoms with Crippen LogP contribution in [0, 0.1) is 0 Å². The number of anilines is 1. The van der Waals surface area contributed by atoms with E-state index in [0.717, 1.165) is 0 Å². The van der Waals surface area contributed by atoms with Gasteiger partial charge in [-0.25, -0.2) is 17.9 Å². The Labute approximate surface area is 172 Å². The summed E-state index contributed by atoms with van der Waals surface area (Å²) >= 11 is 0. The molecule has 0 amide bonds. The summed E-state index contributed by atoms with van der Waals surface area (Å²) in [5.41, 5.74) is 0.756. The summed E-state index contributed by atoms with van der Waals surface area (Å²) in [5, 5.41) is 12.2. The predicted octanol–water partition coefficient (Wildman–Crippen LogP) is 0.477. The highest BCUT2D eigenvalue weighted by Gasteiger charge is 2.30. The van der Waals surface area contributed by atoms with Gasteiger partial charge in [-0.1, -0.05) is 0 Å². The standard InChI is InChI=1S/C18H20N6O5S/c1-28-14-4-3-12(18(25)29-2)9-15(14)30(26,27)22-13-7-8-23(10-13)17-6-5-16-20-19-11-24(16)21-17/h3-6,9,11,13,22H,7-8,10H2,1-2H3/t13-/m0/s1. The number of benzene rings is 1. The van der Waals surface area contributed by atoms with Crippen molar-refractivity contribution in [2.75, 3.05) is 32.2 Å². The van der Waals surface area contributed by atoms with Crippen molar-refractivity contribution in [3.63, 3.8) is 0 Å². The number of rotatable bonds is 6. The third-order valence-corrected chi connectivity index (χ3v) is 6.40. The Bertz CT molecular complexity index is 1190. The number of carbonyl (C=O) groups is 1. The summed E-state index contributed by atoms with van der Waals surface area (Å²) in [7, 11) is -1.33. The monoisotopic (exact) mass is 432 g/mol. The van der Waals surface area contributed by atoms with E-state index >= 15 is 0 Å². The zero-order valence-electron chi connectivity index (χ0n) is 16.3. The minimum absolute atomic E-state index is 0.115. The summed E-state index contributed by atoms with van der Waals surface area (Å²) in [6, 6.07) is 7.43. The van der Waals surface area contributed by atoms with Crippen molar-refractivity contribution in [2.24, 2.45) is 0 Å². The van der Waals surface area contributed by atoms with Crippen molar-refractivity contribution < 1.29 is 22.7 Å². The molecule has 4 rings (SSSR count). The summed E-state index contributed by atoms with van der Waals surface area (Å²) in [4.78, 5) is 13.7. The van der Waals surface area contributed by atoms with Gasteiger partial charge in [0.2, 0.25) is 10.0 Å². The summed E-state index contributed by atoms with van der Waals surface area (Å²) in [6.07, 6.45) is 2.11. The maximum absolute atomic E-state index is 13.0. The van der Waals surface area contributed by atoms with E-state index < -0.39 is 16.0 Å². The Morgan fingerprint density at radius 1 is 1.23 bits per heavy atom. The number of aromatic nitrogens is 4. The number of methoxy groups -OCH3 is 2. The molecule has 11 nitrogen and oxygen atoms in total. The second-order valence-corrected chi connectivity index (χ2v) is 8.42. The van der Waals surface area contributed by atoms with Crippen molar-refractivity contribution in [1.29, 1.82) is 0 Å². The first kappa shape index (κ1) is 20.0. The Balaban J connectivity index is 1.53. The van der Waals surface area contributed by atoms with Crippen LogP contribution in [0.1, 0.15) is 16.8 Å². The fraction of sp³-hybridized carbons (Fsp3) is 0.333. The molecule has 158 valence electrons. The molecule has 1 fully saturated rings. The molecule has 1 saturated heterocycles. The zero-order valence-corrected chi connectivity index (χ0v) is 17.2. The second kappa shape index (κ2) is 7.88. The lowest BCUT2D eigenvalue weighted by atomic mass is 10.2. The van der Waals surface area contributed by atoms with Crippen LogP contribution < -0.4 is 14.4 Å². The number of nitrogens with one attached hydrogen (secondary N) is 1. The highest BCUT2D eigenvalue weighted by Crippen LogP contribution is 2.27. The molecule has 0 saturated carbocycles. The maximum Gasteiger partial charge on any atom is 0.337 e. The number of hydrogen-bond acceptors (Lipinski definition) is 9. The highest BCUT2D eigenvalue weighted by molar-refractivity contribution is 7.89. The number of hydrogen-bond donors (Lipinski definition) is 1. The Kier molecular flexibility index (Phi) is 5.26. The number of fused-ring (bicyclic) bond motifs is 1. The van der Waals surface area contributed by atoms with E-state index in [0.29, 0.717) is 31.0 Å². The first-order valence-electron chi connectivity index (χ1n) is 9.12. The van der Waals surface area contributed by atoms with Gasteiger partial charge in [0.15, 0.2) is 5.65 Å². The van der Waals surface area contributed by atoms with Crippen molar-refractivity contribution in [3.8, 4) is 5.75 Å². The summed E-state index contributed by atoms with van der Waals surface area (Å²) in [5.74, 6) is 0.218. The van der Waals surface area contributed by atoms with Crippen molar-refractivity contribution in [2.45, 2.75) is 17.4 Å². The predicted molar refractivity (Wildman–Crippen MR) is 106 cm³/mol. The van der Waals surface area contributed by atoms with Gasteiger partial charge in [-0.05, 0) is 36.8 Å². The third-order valence-electron chi connectivity index (χ3n) is 4.86. The number of ether oxygens (including phenoxy) is 2. The van der Waals surface area contributed by atoms with E-state index in [1.807, 2.05) is 11.0 Å². The minimum atomic E-state index is -3.94. The molecule has 12 heteroatoms. The van der Waals surface area contributed by atoms with Crippen LogP contribution in [0.25, 0.3) is 5.65 Å². The van der Waals surface area contributed by atoms with Crippen molar-refractivity contribution in [3.05, 3.63) is 42.2 Å². The normalized spacial score (nSPS) is 16.7. The second-order valence-electron chi connectivity index (χ2n) is 6.74. The molecule has 0 spiro atoms. The fourth-order valence-corrected chi connectivity index (χ4v) is 4.82. The van der Waals surface area contributed by atoms with E-state index in [-0.39, 0.29) is 22.3 Å². The number of esters is 1. The van der Waals surface area contributed by atoms with Gasteiger partial charge >= 0.3 is 5.97 Å². The fourth-order valence-electron chi connectivity index (χ4n) is 3.37. The van der Waals surface area contributed by atoms with E-state index in [9.17, 15) is 13.2 Å². The van der Waals surface area contributed by atoms with Gasteiger partial charge in [-0.2, -0.15) is 4.52 Å². The van der Waals surface area contributed by atoms with Crippen LogP contribution in [0.3, 0.4) is 0 Å². The highest BCUT2D eigenvalue weighted by atomic mass is 32.2. The molecular weight excluding hydrogens is 412 g/mol. The van der Waals surface area contributed by atoms with Gasteiger partial charge in [0.1, 0.15) is 22.8 Å². The molecule has 0 radical (unpaired) electrons. The SMILES string of the molecule is COC(=O)c1ccc(OC)c(S(=O)(=O)N[C@H]2CCN(c3ccc4nncn4n3)C2)c1. The molecule has 0 unspecified atom stereocenters. The quantitative estimate of drug-likeness (QED) is 0.553. The lowest BCUT2D eigenvalue weighted by Crippen LogP contribution is -2.37. The van der Waals surface area contributed by atoms with E-state index in [1.54, 1.807) is 10.6 Å². The average molecular weight is 432 g/mol. The summed E-state index contributed by atoms with van der Waals surface area (Å²) in [6.45, 7) is 1.08. The smallest absolute Gasteiger partial charge is 0.337 e. The average Bonchev–Trinajstić information content (AvgIpc) is 3.41. The Morgan fingerprint density at radius 3 is 2.83 bits per heavy atom. The first-order chi connectivity index (χ1) is 14.4. The number of carbonyl (C=O) groups excluding carboxylic acids is 1. The number of nitrogens with zero attached hydrogens (tertiary/aromatic N) is 5. The van der Waals surface area contributed by atoms with Crippen LogP contribution in [0.2, 0.25) is 0 Å². The van der Waals surface area contributed by atoms with Crippen LogP contribution in [0.4, 0.5) is 5.82 Å². The van der Waals surface area contributed by atoms with Crippen molar-refractivity contribution >= 4 is 27.5 Å². The van der Waals surface area contributed by atoms with Crippen LogP contribution in [-0.2, 0) is 14.8 Å². The lowest BCUT2D eigenvalue weighted by Gasteiger charge is -2.18. The Hall–Kier alpha value is -3.25. The molecule has 1 aliphatic heterocycles. The summed E-state index contributed by atoms with van der Waals surface area (Å²) < 4.78 is 40.2. The molecule has 1 N–H and O–H groups in total. The minimum Gasteiger partial charge on any atom is -0.495 e. The molecule has 1 aliphatic rings. The zero-order chi connectivity index (χ0) is 21.3. The molecule has 2 aromatic heterocycles. The molecule has 1 atom stereocenters. The number of sulfonamides is 1. The third kappa shape index (κ3) is 3.78. The van der Waals surface area contributed by atoms with Crippen LogP contribution in [0.5, 0.6) is 5.75 Å². The van der Waals surface area contributed by atoms with Crippen LogP contribution in [-0.4, -0.2) is 67.5 Å². The first-order valence-corrected chi connectivity index (χ1v) is 10.6. The Morgan fingerprint density at radius 2 is 2.07 bits per heavy atom. The molecule has 0 aliphatic carbocycles. The van der Waals surface area contributed by atoms with Crippen LogP contribution in [0.15, 0.2) is 41.6 Å². The van der Waals surface area contributed by atoms with Gasteiger partial charge in [0.25, 0.3) is 0 Å². The van der Waals surface area contributed by atoms with Gasteiger partial charge in [-0.3, -0.25) is 0 Å². The largest absolute Gasteiger partial charge is 0.495 e. The molecular formula is C18H20N6O5S. The molecule has 0 bridgehead atoms. The van der Waals surface area contributed by atoms with Gasteiger partial charge in [0, 0.05) is 19.1 Å². The molecule has 1 aromatic carbocycles.